The molecule has 1 saturated carbocycles. The van der Waals surface area contributed by atoms with Crippen molar-refractivity contribution in [1.82, 2.24) is 0 Å². The molecule has 3 aromatic rings. The van der Waals surface area contributed by atoms with Gasteiger partial charge in [0.05, 0.1) is 0 Å². The van der Waals surface area contributed by atoms with Crippen LogP contribution in [0.3, 0.4) is 0 Å². The molecule has 0 aliphatic heterocycles. The van der Waals surface area contributed by atoms with Crippen molar-refractivity contribution in [2.75, 3.05) is 5.32 Å². The Kier molecular flexibility index (Phi) is 6.42. The maximum atomic E-state index is 12.2. The van der Waals surface area contributed by atoms with Gasteiger partial charge in [0, 0.05) is 21.7 Å². The molecule has 30 heavy (non-hydrogen) atoms. The first-order valence-electron chi connectivity index (χ1n) is 9.79. The van der Waals surface area contributed by atoms with Crippen LogP contribution in [0, 0.1) is 0 Å². The van der Waals surface area contributed by atoms with Crippen LogP contribution in [0.15, 0.2) is 71.2 Å². The molecule has 1 fully saturated rings. The third-order valence-corrected chi connectivity index (χ3v) is 5.92. The first-order valence-corrected chi connectivity index (χ1v) is 11.0. The Balaban J connectivity index is 1.42. The molecule has 0 radical (unpaired) electrons. The number of benzene rings is 3. The highest BCUT2D eigenvalue weighted by Gasteiger charge is 2.40. The number of rotatable bonds is 6. The number of ether oxygens (including phenoxy) is 1. The molecule has 2 atom stereocenters. The molecule has 4 rings (SSSR count). The Labute approximate surface area is 189 Å². The van der Waals surface area contributed by atoms with Gasteiger partial charge in [0.25, 0.3) is 0 Å². The number of nitrogens with two attached hydrogens (primary N) is 1. The first-order chi connectivity index (χ1) is 14.5. The molecule has 3 N–H and O–H groups in total. The van der Waals surface area contributed by atoms with E-state index in [0.29, 0.717) is 29.1 Å². The minimum Gasteiger partial charge on any atom is -0.444 e. The van der Waals surface area contributed by atoms with Gasteiger partial charge >= 0.3 is 6.09 Å². The molecule has 1 aliphatic rings. The van der Waals surface area contributed by atoms with Crippen LogP contribution in [0.25, 0.3) is 0 Å². The van der Waals surface area contributed by atoms with Crippen molar-refractivity contribution in [3.05, 3.63) is 98.5 Å². The van der Waals surface area contributed by atoms with E-state index >= 15 is 0 Å². The topological polar surface area (TPSA) is 64.3 Å². The summed E-state index contributed by atoms with van der Waals surface area (Å²) in [6.45, 7) is 0.733. The molecule has 3 aromatic carbocycles. The Hall–Kier alpha value is -2.34. The standard InChI is InChI=1S/C24H22BrClN2O2/c25-19-7-16(13-27)6-17(8-19)22-12-23(22)18-9-20(26)11-21(10-18)28-24(29)30-14-15-4-2-1-3-5-15/h1-11,22-23H,12-14,27H2,(H,28,29)/t22-,23-/m1/s1. The Bertz CT molecular complexity index is 1060. The molecular formula is C24H22BrClN2O2. The maximum Gasteiger partial charge on any atom is 0.411 e. The summed E-state index contributed by atoms with van der Waals surface area (Å²) in [6.07, 6.45) is 0.539. The van der Waals surface area contributed by atoms with E-state index < -0.39 is 6.09 Å². The van der Waals surface area contributed by atoms with Gasteiger partial charge in [-0.25, -0.2) is 4.79 Å². The van der Waals surface area contributed by atoms with Gasteiger partial charge in [-0.1, -0.05) is 63.9 Å². The normalized spacial score (nSPS) is 17.4. The molecule has 0 saturated heterocycles. The number of anilines is 1. The fourth-order valence-corrected chi connectivity index (χ4v) is 4.52. The number of nitrogens with one attached hydrogen (secondary N) is 1. The van der Waals surface area contributed by atoms with Gasteiger partial charge in [0.15, 0.2) is 0 Å². The zero-order valence-electron chi connectivity index (χ0n) is 16.3. The molecular weight excluding hydrogens is 464 g/mol. The van der Waals surface area contributed by atoms with Gasteiger partial charge in [-0.15, -0.1) is 0 Å². The highest BCUT2D eigenvalue weighted by molar-refractivity contribution is 9.10. The zero-order chi connectivity index (χ0) is 21.1. The Morgan fingerprint density at radius 1 is 1.03 bits per heavy atom. The fourth-order valence-electron chi connectivity index (χ4n) is 3.71. The molecule has 0 bridgehead atoms. The van der Waals surface area contributed by atoms with Gasteiger partial charge in [0.2, 0.25) is 0 Å². The van der Waals surface area contributed by atoms with Crippen LogP contribution in [0.4, 0.5) is 10.5 Å². The van der Waals surface area contributed by atoms with Crippen LogP contribution >= 0.6 is 27.5 Å². The van der Waals surface area contributed by atoms with Gasteiger partial charge < -0.3 is 10.5 Å². The van der Waals surface area contributed by atoms with Crippen molar-refractivity contribution >= 4 is 39.3 Å². The van der Waals surface area contributed by atoms with Gasteiger partial charge in [-0.2, -0.15) is 0 Å². The molecule has 4 nitrogen and oxygen atoms in total. The molecule has 1 aliphatic carbocycles. The predicted octanol–water partition coefficient (Wildman–Crippen LogP) is 6.58. The maximum absolute atomic E-state index is 12.2. The van der Waals surface area contributed by atoms with E-state index in [2.05, 4.69) is 33.4 Å². The monoisotopic (exact) mass is 484 g/mol. The van der Waals surface area contributed by atoms with Gasteiger partial charge in [0.1, 0.15) is 6.61 Å². The third kappa shape index (κ3) is 5.22. The quantitative estimate of drug-likeness (QED) is 0.414. The largest absolute Gasteiger partial charge is 0.444 e. The van der Waals surface area contributed by atoms with E-state index in [9.17, 15) is 4.79 Å². The smallest absolute Gasteiger partial charge is 0.411 e. The molecule has 0 heterocycles. The van der Waals surface area contributed by atoms with E-state index in [-0.39, 0.29) is 6.61 Å². The van der Waals surface area contributed by atoms with Gasteiger partial charge in [-0.05, 0) is 70.8 Å². The van der Waals surface area contributed by atoms with Crippen LogP contribution in [-0.4, -0.2) is 6.09 Å². The average molecular weight is 486 g/mol. The first kappa shape index (κ1) is 20.9. The SMILES string of the molecule is NCc1cc(Br)cc([C@H]2C[C@@H]2c2cc(Cl)cc(NC(=O)OCc3ccccc3)c2)c1. The summed E-state index contributed by atoms with van der Waals surface area (Å²) in [5, 5.41) is 3.38. The van der Waals surface area contributed by atoms with E-state index in [1.807, 2.05) is 48.5 Å². The molecule has 154 valence electrons. The Morgan fingerprint density at radius 2 is 1.77 bits per heavy atom. The second-order valence-electron chi connectivity index (χ2n) is 7.51. The third-order valence-electron chi connectivity index (χ3n) is 5.24. The lowest BCUT2D eigenvalue weighted by atomic mass is 10.0. The van der Waals surface area contributed by atoms with Crippen LogP contribution in [-0.2, 0) is 17.9 Å². The number of hydrogen-bond donors (Lipinski definition) is 2. The second-order valence-corrected chi connectivity index (χ2v) is 8.86. The average Bonchev–Trinajstić information content (AvgIpc) is 3.53. The van der Waals surface area contributed by atoms with Crippen molar-refractivity contribution in [3.8, 4) is 0 Å². The summed E-state index contributed by atoms with van der Waals surface area (Å²) < 4.78 is 6.35. The van der Waals surface area contributed by atoms with Crippen molar-refractivity contribution in [2.45, 2.75) is 31.4 Å². The van der Waals surface area contributed by atoms with Crippen molar-refractivity contribution in [2.24, 2.45) is 5.73 Å². The van der Waals surface area contributed by atoms with E-state index in [4.69, 9.17) is 22.1 Å². The number of amides is 1. The zero-order valence-corrected chi connectivity index (χ0v) is 18.6. The summed E-state index contributed by atoms with van der Waals surface area (Å²) in [7, 11) is 0. The molecule has 0 unspecified atom stereocenters. The lowest BCUT2D eigenvalue weighted by Gasteiger charge is -2.10. The highest BCUT2D eigenvalue weighted by Crippen LogP contribution is 2.55. The summed E-state index contributed by atoms with van der Waals surface area (Å²) >= 11 is 9.90. The minimum absolute atomic E-state index is 0.219. The summed E-state index contributed by atoms with van der Waals surface area (Å²) in [5.41, 5.74) is 10.9. The predicted molar refractivity (Wildman–Crippen MR) is 124 cm³/mol. The van der Waals surface area contributed by atoms with Crippen molar-refractivity contribution < 1.29 is 9.53 Å². The number of halogens is 2. The Morgan fingerprint density at radius 3 is 2.50 bits per heavy atom. The number of hydrogen-bond acceptors (Lipinski definition) is 3. The number of carbonyl (C=O) groups is 1. The molecule has 0 aromatic heterocycles. The van der Waals surface area contributed by atoms with Crippen molar-refractivity contribution in [1.29, 1.82) is 0 Å². The highest BCUT2D eigenvalue weighted by atomic mass is 79.9. The fraction of sp³-hybridized carbons (Fsp3) is 0.208. The van der Waals surface area contributed by atoms with Gasteiger partial charge in [-0.3, -0.25) is 5.32 Å². The minimum atomic E-state index is -0.501. The lowest BCUT2D eigenvalue weighted by Crippen LogP contribution is -2.13. The molecule has 6 heteroatoms. The van der Waals surface area contributed by atoms with Crippen molar-refractivity contribution in [3.63, 3.8) is 0 Å². The summed E-state index contributed by atoms with van der Waals surface area (Å²) in [4.78, 5) is 12.2. The van der Waals surface area contributed by atoms with E-state index in [0.717, 1.165) is 27.6 Å². The second kappa shape index (κ2) is 9.21. The lowest BCUT2D eigenvalue weighted by molar-refractivity contribution is 0.155. The van der Waals surface area contributed by atoms with Crippen LogP contribution in [0.5, 0.6) is 0 Å². The number of carbonyl (C=O) groups excluding carboxylic acids is 1. The van der Waals surface area contributed by atoms with Crippen LogP contribution < -0.4 is 11.1 Å². The van der Waals surface area contributed by atoms with Crippen LogP contribution in [0.1, 0.15) is 40.5 Å². The summed E-state index contributed by atoms with van der Waals surface area (Å²) in [5.74, 6) is 0.786. The summed E-state index contributed by atoms with van der Waals surface area (Å²) in [6, 6.07) is 21.6. The van der Waals surface area contributed by atoms with E-state index in [1.54, 1.807) is 6.07 Å². The van der Waals surface area contributed by atoms with E-state index in [1.165, 1.54) is 5.56 Å². The van der Waals surface area contributed by atoms with Crippen LogP contribution in [0.2, 0.25) is 5.02 Å². The molecule has 1 amide bonds. The molecule has 0 spiro atoms.